The van der Waals surface area contributed by atoms with Gasteiger partial charge in [-0.15, -0.1) is 0 Å². The van der Waals surface area contributed by atoms with Gasteiger partial charge < -0.3 is 5.11 Å². The van der Waals surface area contributed by atoms with Crippen molar-refractivity contribution in [3.8, 4) is 6.07 Å². The molecule has 0 bridgehead atoms. The minimum Gasteiger partial charge on any atom is -0.396 e. The lowest BCUT2D eigenvalue weighted by Gasteiger charge is -2.17. The van der Waals surface area contributed by atoms with Gasteiger partial charge >= 0.3 is 0 Å². The van der Waals surface area contributed by atoms with Crippen LogP contribution in [0.2, 0.25) is 0 Å². The summed E-state index contributed by atoms with van der Waals surface area (Å²) < 4.78 is 40.7. The minimum absolute atomic E-state index is 0.116. The van der Waals surface area contributed by atoms with Crippen LogP contribution in [0, 0.1) is 23.1 Å². The number of aliphatic hydroxyl groups excluding tert-OH is 1. The Morgan fingerprint density at radius 1 is 1.38 bits per heavy atom. The van der Waals surface area contributed by atoms with E-state index < -0.39 is 21.4 Å². The number of hydrogen-bond acceptors (Lipinski definition) is 5. The number of hydrogen-bond donors (Lipinski definition) is 1. The second kappa shape index (κ2) is 6.61. The zero-order chi connectivity index (χ0) is 17.3. The van der Waals surface area contributed by atoms with E-state index in [-0.39, 0.29) is 36.4 Å². The molecule has 1 aliphatic rings. The Morgan fingerprint density at radius 2 is 2.17 bits per heavy atom. The summed E-state index contributed by atoms with van der Waals surface area (Å²) in [6, 6.07) is 7.12. The van der Waals surface area contributed by atoms with E-state index in [4.69, 9.17) is 5.26 Å². The molecule has 0 amide bonds. The molecule has 24 heavy (non-hydrogen) atoms. The number of aliphatic hydroxyl groups is 1. The average molecular weight is 366 g/mol. The zero-order valence-corrected chi connectivity index (χ0v) is 14.2. The van der Waals surface area contributed by atoms with Gasteiger partial charge in [0.2, 0.25) is 10.0 Å². The molecular formula is C16H15FN2O3S2. The first kappa shape index (κ1) is 17.0. The van der Waals surface area contributed by atoms with Crippen molar-refractivity contribution in [3.63, 3.8) is 0 Å². The molecule has 1 aromatic heterocycles. The van der Waals surface area contributed by atoms with Gasteiger partial charge in [-0.25, -0.2) is 12.8 Å². The van der Waals surface area contributed by atoms with E-state index in [1.165, 1.54) is 27.8 Å². The Hall–Kier alpha value is -1.79. The molecule has 0 saturated carbocycles. The SMILES string of the molecule is N#Cc1c(F)cccc1S(=O)(=O)N1C[C@@H](CO)[C@@H](c2ccsc2)C1. The fourth-order valence-corrected chi connectivity index (χ4v) is 5.44. The predicted octanol–water partition coefficient (Wildman–Crippen LogP) is 2.16. The summed E-state index contributed by atoms with van der Waals surface area (Å²) in [5, 5.41) is 22.5. The Bertz CT molecular complexity index is 875. The third-order valence-electron chi connectivity index (χ3n) is 4.32. The van der Waals surface area contributed by atoms with Gasteiger partial charge in [0.1, 0.15) is 22.3 Å². The van der Waals surface area contributed by atoms with E-state index in [0.29, 0.717) is 0 Å². The second-order valence-electron chi connectivity index (χ2n) is 5.65. The topological polar surface area (TPSA) is 81.4 Å². The lowest BCUT2D eigenvalue weighted by atomic mass is 9.92. The average Bonchev–Trinajstić information content (AvgIpc) is 3.23. The number of sulfonamides is 1. The molecule has 2 heterocycles. The summed E-state index contributed by atoms with van der Waals surface area (Å²) in [7, 11) is -4.01. The van der Waals surface area contributed by atoms with E-state index in [9.17, 15) is 17.9 Å². The van der Waals surface area contributed by atoms with Crippen LogP contribution >= 0.6 is 11.3 Å². The third kappa shape index (κ3) is 2.84. The maximum Gasteiger partial charge on any atom is 0.244 e. The molecule has 0 spiro atoms. The molecule has 126 valence electrons. The molecular weight excluding hydrogens is 351 g/mol. The van der Waals surface area contributed by atoms with Crippen molar-refractivity contribution in [1.82, 2.24) is 4.31 Å². The van der Waals surface area contributed by atoms with Gasteiger partial charge in [-0.2, -0.15) is 20.9 Å². The molecule has 1 aromatic carbocycles. The molecule has 8 heteroatoms. The van der Waals surface area contributed by atoms with E-state index >= 15 is 0 Å². The van der Waals surface area contributed by atoms with Crippen molar-refractivity contribution >= 4 is 21.4 Å². The van der Waals surface area contributed by atoms with Gasteiger partial charge in [0.15, 0.2) is 0 Å². The van der Waals surface area contributed by atoms with Crippen molar-refractivity contribution in [2.24, 2.45) is 5.92 Å². The van der Waals surface area contributed by atoms with Crippen LogP contribution in [0.1, 0.15) is 17.0 Å². The number of halogens is 1. The van der Waals surface area contributed by atoms with Crippen LogP contribution in [0.25, 0.3) is 0 Å². The van der Waals surface area contributed by atoms with Crippen LogP contribution in [-0.2, 0) is 10.0 Å². The number of benzene rings is 1. The third-order valence-corrected chi connectivity index (χ3v) is 6.89. The molecule has 0 aliphatic carbocycles. The van der Waals surface area contributed by atoms with Crippen molar-refractivity contribution < 1.29 is 17.9 Å². The van der Waals surface area contributed by atoms with E-state index in [0.717, 1.165) is 11.6 Å². The minimum atomic E-state index is -4.01. The van der Waals surface area contributed by atoms with Gasteiger partial charge in [-0.1, -0.05) is 6.07 Å². The van der Waals surface area contributed by atoms with Gasteiger partial charge in [0.25, 0.3) is 0 Å². The fraction of sp³-hybridized carbons (Fsp3) is 0.312. The normalized spacial score (nSPS) is 21.7. The second-order valence-corrected chi connectivity index (χ2v) is 8.34. The maximum absolute atomic E-state index is 13.8. The van der Waals surface area contributed by atoms with E-state index in [1.807, 2.05) is 16.8 Å². The molecule has 2 atom stereocenters. The highest BCUT2D eigenvalue weighted by atomic mass is 32.2. The lowest BCUT2D eigenvalue weighted by Crippen LogP contribution is -2.30. The van der Waals surface area contributed by atoms with Gasteiger partial charge in [-0.3, -0.25) is 0 Å². The van der Waals surface area contributed by atoms with Gasteiger partial charge in [-0.05, 0) is 34.5 Å². The summed E-state index contributed by atoms with van der Waals surface area (Å²) in [6.45, 7) is 0.202. The number of thiophene rings is 1. The number of rotatable bonds is 4. The summed E-state index contributed by atoms with van der Waals surface area (Å²) >= 11 is 1.51. The van der Waals surface area contributed by atoms with Crippen molar-refractivity contribution in [3.05, 3.63) is 52.0 Å². The largest absolute Gasteiger partial charge is 0.396 e. The quantitative estimate of drug-likeness (QED) is 0.899. The lowest BCUT2D eigenvalue weighted by molar-refractivity contribution is 0.223. The van der Waals surface area contributed by atoms with Crippen LogP contribution in [0.5, 0.6) is 0 Å². The Balaban J connectivity index is 1.97. The maximum atomic E-state index is 13.8. The molecule has 5 nitrogen and oxygen atoms in total. The molecule has 3 rings (SSSR count). The number of nitriles is 1. The van der Waals surface area contributed by atoms with Crippen LogP contribution in [0.15, 0.2) is 39.9 Å². The van der Waals surface area contributed by atoms with Crippen molar-refractivity contribution in [2.75, 3.05) is 19.7 Å². The fourth-order valence-electron chi connectivity index (χ4n) is 3.04. The predicted molar refractivity (Wildman–Crippen MR) is 87.5 cm³/mol. The summed E-state index contributed by atoms with van der Waals surface area (Å²) in [6.07, 6.45) is 0. The van der Waals surface area contributed by atoms with Crippen molar-refractivity contribution in [2.45, 2.75) is 10.8 Å². The standard InChI is InChI=1S/C16H15FN2O3S2/c17-15-2-1-3-16(13(15)6-18)24(21,22)19-7-12(9-20)14(8-19)11-4-5-23-10-11/h1-5,10,12,14,20H,7-9H2/t12-,14+/m0/s1. The van der Waals surface area contributed by atoms with Crippen LogP contribution in [-0.4, -0.2) is 37.5 Å². The smallest absolute Gasteiger partial charge is 0.244 e. The summed E-state index contributed by atoms with van der Waals surface area (Å²) in [4.78, 5) is -0.326. The monoisotopic (exact) mass is 366 g/mol. The van der Waals surface area contributed by atoms with Crippen LogP contribution < -0.4 is 0 Å². The Kier molecular flexibility index (Phi) is 4.69. The Labute approximate surface area is 143 Å². The molecule has 1 saturated heterocycles. The van der Waals surface area contributed by atoms with Crippen molar-refractivity contribution in [1.29, 1.82) is 5.26 Å². The first-order valence-corrected chi connectivity index (χ1v) is 9.69. The van der Waals surface area contributed by atoms with Gasteiger partial charge in [0, 0.05) is 31.5 Å². The molecule has 0 unspecified atom stereocenters. The summed E-state index contributed by atoms with van der Waals surface area (Å²) in [5.41, 5.74) is 0.508. The first-order valence-electron chi connectivity index (χ1n) is 7.30. The zero-order valence-electron chi connectivity index (χ0n) is 12.6. The summed E-state index contributed by atoms with van der Waals surface area (Å²) in [5.74, 6) is -1.20. The molecule has 1 aliphatic heterocycles. The van der Waals surface area contributed by atoms with Crippen LogP contribution in [0.4, 0.5) is 4.39 Å². The highest BCUT2D eigenvalue weighted by Crippen LogP contribution is 2.36. The van der Waals surface area contributed by atoms with Crippen LogP contribution in [0.3, 0.4) is 0 Å². The Morgan fingerprint density at radius 3 is 2.79 bits per heavy atom. The van der Waals surface area contributed by atoms with Gasteiger partial charge in [0.05, 0.1) is 0 Å². The van der Waals surface area contributed by atoms with E-state index in [1.54, 1.807) is 6.07 Å². The molecule has 1 fully saturated rings. The molecule has 0 radical (unpaired) electrons. The number of nitrogens with zero attached hydrogens (tertiary/aromatic N) is 2. The highest BCUT2D eigenvalue weighted by Gasteiger charge is 2.40. The molecule has 1 N–H and O–H groups in total. The van der Waals surface area contributed by atoms with E-state index in [2.05, 4.69) is 0 Å². The molecule has 2 aromatic rings. The highest BCUT2D eigenvalue weighted by molar-refractivity contribution is 7.89. The first-order chi connectivity index (χ1) is 11.5.